The highest BCUT2D eigenvalue weighted by atomic mass is 19.1. The molecule has 4 nitrogen and oxygen atoms in total. The Morgan fingerprint density at radius 2 is 2.00 bits per heavy atom. The monoisotopic (exact) mass is 270 g/mol. The van der Waals surface area contributed by atoms with Crippen molar-refractivity contribution in [3.05, 3.63) is 35.1 Å². The smallest absolute Gasteiger partial charge is 0.338 e. The molecule has 0 radical (unpaired) electrons. The Kier molecular flexibility index (Phi) is 7.07. The van der Waals surface area contributed by atoms with Crippen molar-refractivity contribution in [1.29, 1.82) is 0 Å². The summed E-state index contributed by atoms with van der Waals surface area (Å²) >= 11 is 0. The summed E-state index contributed by atoms with van der Waals surface area (Å²) in [5, 5.41) is 0. The molecule has 0 aliphatic rings. The Labute approximate surface area is 112 Å². The molecular weight excluding hydrogens is 251 g/mol. The van der Waals surface area contributed by atoms with Gasteiger partial charge in [-0.25, -0.2) is 9.18 Å². The fourth-order valence-electron chi connectivity index (χ4n) is 1.46. The van der Waals surface area contributed by atoms with Crippen molar-refractivity contribution in [3.63, 3.8) is 0 Å². The van der Waals surface area contributed by atoms with Gasteiger partial charge in [0, 0.05) is 20.3 Å². The van der Waals surface area contributed by atoms with Crippen LogP contribution in [0.25, 0.3) is 0 Å². The largest absolute Gasteiger partial charge is 0.460 e. The first-order valence-corrected chi connectivity index (χ1v) is 6.15. The number of hydrogen-bond acceptors (Lipinski definition) is 4. The van der Waals surface area contributed by atoms with E-state index in [0.29, 0.717) is 30.9 Å². The number of carbonyl (C=O) groups is 1. The van der Waals surface area contributed by atoms with E-state index in [1.54, 1.807) is 14.0 Å². The van der Waals surface area contributed by atoms with Gasteiger partial charge >= 0.3 is 5.97 Å². The zero-order valence-corrected chi connectivity index (χ0v) is 11.3. The molecule has 0 saturated heterocycles. The van der Waals surface area contributed by atoms with Crippen LogP contribution in [0.4, 0.5) is 4.39 Å². The average molecular weight is 270 g/mol. The predicted molar refractivity (Wildman–Crippen MR) is 68.7 cm³/mol. The first-order chi connectivity index (χ1) is 9.15. The van der Waals surface area contributed by atoms with Crippen LogP contribution >= 0.6 is 0 Å². The molecule has 0 bridgehead atoms. The summed E-state index contributed by atoms with van der Waals surface area (Å²) in [4.78, 5) is 11.6. The maximum Gasteiger partial charge on any atom is 0.338 e. The van der Waals surface area contributed by atoms with Gasteiger partial charge in [-0.2, -0.15) is 0 Å². The van der Waals surface area contributed by atoms with E-state index >= 15 is 0 Å². The zero-order chi connectivity index (χ0) is 14.1. The van der Waals surface area contributed by atoms with Gasteiger partial charge in [0.25, 0.3) is 0 Å². The molecule has 0 amide bonds. The van der Waals surface area contributed by atoms with Crippen LogP contribution in [-0.4, -0.2) is 39.5 Å². The Morgan fingerprint density at radius 3 is 2.68 bits per heavy atom. The summed E-state index contributed by atoms with van der Waals surface area (Å²) in [6, 6.07) is 4.13. The molecule has 0 unspecified atom stereocenters. The van der Waals surface area contributed by atoms with Crippen LogP contribution in [0.1, 0.15) is 22.3 Å². The number of benzene rings is 1. The predicted octanol–water partition coefficient (Wildman–Crippen LogP) is 2.34. The van der Waals surface area contributed by atoms with Crippen molar-refractivity contribution < 1.29 is 23.4 Å². The quantitative estimate of drug-likeness (QED) is 0.537. The van der Waals surface area contributed by atoms with E-state index in [9.17, 15) is 9.18 Å². The van der Waals surface area contributed by atoms with Crippen LogP contribution in [0.5, 0.6) is 0 Å². The molecule has 19 heavy (non-hydrogen) atoms. The van der Waals surface area contributed by atoms with Crippen LogP contribution in [-0.2, 0) is 14.2 Å². The van der Waals surface area contributed by atoms with Gasteiger partial charge < -0.3 is 14.2 Å². The number of ether oxygens (including phenoxy) is 3. The second-order valence-electron chi connectivity index (χ2n) is 4.06. The van der Waals surface area contributed by atoms with E-state index in [1.807, 2.05) is 0 Å². The summed E-state index contributed by atoms with van der Waals surface area (Å²) in [6.07, 6.45) is 0.807. The second kappa shape index (κ2) is 8.61. The molecule has 1 aromatic rings. The molecule has 1 aromatic carbocycles. The highest BCUT2D eigenvalue weighted by molar-refractivity contribution is 5.89. The first kappa shape index (κ1) is 15.6. The lowest BCUT2D eigenvalue weighted by Crippen LogP contribution is -2.12. The van der Waals surface area contributed by atoms with Gasteiger partial charge in [-0.1, -0.05) is 0 Å². The molecule has 106 valence electrons. The van der Waals surface area contributed by atoms with Crippen molar-refractivity contribution in [2.75, 3.05) is 33.5 Å². The summed E-state index contributed by atoms with van der Waals surface area (Å²) in [6.45, 7) is 3.35. The molecule has 0 saturated carbocycles. The number of hydrogen-bond donors (Lipinski definition) is 0. The van der Waals surface area contributed by atoms with Crippen molar-refractivity contribution in [3.8, 4) is 0 Å². The minimum Gasteiger partial charge on any atom is -0.460 e. The van der Waals surface area contributed by atoms with Gasteiger partial charge in [0.05, 0.1) is 12.2 Å². The van der Waals surface area contributed by atoms with Crippen molar-refractivity contribution >= 4 is 5.97 Å². The summed E-state index contributed by atoms with van der Waals surface area (Å²) < 4.78 is 28.2. The van der Waals surface area contributed by atoms with Gasteiger partial charge in [0.2, 0.25) is 0 Å². The molecule has 0 atom stereocenters. The van der Waals surface area contributed by atoms with Gasteiger partial charge in [-0.05, 0) is 37.1 Å². The fourth-order valence-corrected chi connectivity index (χ4v) is 1.46. The summed E-state index contributed by atoms with van der Waals surface area (Å²) in [5.41, 5.74) is 0.767. The maximum atomic E-state index is 13.0. The fraction of sp³-hybridized carbons (Fsp3) is 0.500. The van der Waals surface area contributed by atoms with E-state index in [0.717, 1.165) is 6.42 Å². The minimum atomic E-state index is -0.469. The Morgan fingerprint density at radius 1 is 1.21 bits per heavy atom. The van der Waals surface area contributed by atoms with Crippen LogP contribution in [0.15, 0.2) is 18.2 Å². The number of esters is 1. The van der Waals surface area contributed by atoms with Crippen LogP contribution < -0.4 is 0 Å². The molecule has 0 aliphatic heterocycles. The summed E-state index contributed by atoms with van der Waals surface area (Å²) in [5.74, 6) is -0.804. The first-order valence-electron chi connectivity index (χ1n) is 6.15. The molecule has 5 heteroatoms. The zero-order valence-electron chi connectivity index (χ0n) is 11.3. The second-order valence-corrected chi connectivity index (χ2v) is 4.06. The minimum absolute atomic E-state index is 0.183. The van der Waals surface area contributed by atoms with Crippen molar-refractivity contribution in [1.82, 2.24) is 0 Å². The van der Waals surface area contributed by atoms with E-state index in [-0.39, 0.29) is 12.4 Å². The Balaban J connectivity index is 2.22. The Bertz CT molecular complexity index is 406. The van der Waals surface area contributed by atoms with Gasteiger partial charge in [-0.15, -0.1) is 0 Å². The third-order valence-corrected chi connectivity index (χ3v) is 2.49. The lowest BCUT2D eigenvalue weighted by molar-refractivity contribution is 0.0288. The van der Waals surface area contributed by atoms with Gasteiger partial charge in [0.1, 0.15) is 12.4 Å². The molecule has 1 rings (SSSR count). The molecule has 0 aliphatic carbocycles. The molecule has 0 aromatic heterocycles. The van der Waals surface area contributed by atoms with E-state index in [2.05, 4.69) is 0 Å². The number of carbonyl (C=O) groups excluding carboxylic acids is 1. The van der Waals surface area contributed by atoms with E-state index in [1.165, 1.54) is 18.2 Å². The van der Waals surface area contributed by atoms with E-state index in [4.69, 9.17) is 14.2 Å². The molecule has 0 heterocycles. The molecular formula is C14H19FO4. The normalized spacial score (nSPS) is 10.5. The number of halogens is 1. The summed E-state index contributed by atoms with van der Waals surface area (Å²) in [7, 11) is 1.63. The third-order valence-electron chi connectivity index (χ3n) is 2.49. The van der Waals surface area contributed by atoms with E-state index < -0.39 is 5.97 Å². The number of rotatable bonds is 8. The lowest BCUT2D eigenvalue weighted by Gasteiger charge is -2.06. The SMILES string of the molecule is COCCCOCCOC(=O)c1ccc(F)c(C)c1. The Hall–Kier alpha value is -1.46. The van der Waals surface area contributed by atoms with Crippen molar-refractivity contribution in [2.45, 2.75) is 13.3 Å². The van der Waals surface area contributed by atoms with Gasteiger partial charge in [0.15, 0.2) is 0 Å². The number of aryl methyl sites for hydroxylation is 1. The topological polar surface area (TPSA) is 44.8 Å². The maximum absolute atomic E-state index is 13.0. The molecule has 0 fully saturated rings. The number of methoxy groups -OCH3 is 1. The van der Waals surface area contributed by atoms with Crippen LogP contribution in [0.3, 0.4) is 0 Å². The standard InChI is InChI=1S/C14H19FO4/c1-11-10-12(4-5-13(11)15)14(16)19-9-8-18-7-3-6-17-2/h4-5,10H,3,6-9H2,1-2H3. The van der Waals surface area contributed by atoms with Crippen LogP contribution in [0, 0.1) is 12.7 Å². The third kappa shape index (κ3) is 5.81. The van der Waals surface area contributed by atoms with Gasteiger partial charge in [-0.3, -0.25) is 0 Å². The molecule has 0 N–H and O–H groups in total. The van der Waals surface area contributed by atoms with Crippen molar-refractivity contribution in [2.24, 2.45) is 0 Å². The highest BCUT2D eigenvalue weighted by Gasteiger charge is 2.08. The average Bonchev–Trinajstić information content (AvgIpc) is 2.40. The molecule has 0 spiro atoms. The highest BCUT2D eigenvalue weighted by Crippen LogP contribution is 2.10. The van der Waals surface area contributed by atoms with Crippen LogP contribution in [0.2, 0.25) is 0 Å². The lowest BCUT2D eigenvalue weighted by atomic mass is 10.1.